The van der Waals surface area contributed by atoms with Gasteiger partial charge in [-0.25, -0.2) is 4.79 Å². The molecule has 1 aromatic heterocycles. The number of allylic oxidation sites excluding steroid dienone is 1. The van der Waals surface area contributed by atoms with Crippen molar-refractivity contribution < 1.29 is 19.4 Å². The van der Waals surface area contributed by atoms with Gasteiger partial charge in [-0.2, -0.15) is 0 Å². The Morgan fingerprint density at radius 1 is 1.35 bits per heavy atom. The van der Waals surface area contributed by atoms with Crippen LogP contribution in [-0.4, -0.2) is 28.4 Å². The molecule has 0 saturated carbocycles. The number of carboxylic acid groups (broad SMARTS) is 1. The molecule has 5 nitrogen and oxygen atoms in total. The number of benzene rings is 1. The summed E-state index contributed by atoms with van der Waals surface area (Å²) in [6.07, 6.45) is 4.35. The first-order valence-corrected chi connectivity index (χ1v) is 6.31. The number of ether oxygens (including phenoxy) is 1. The molecule has 0 saturated heterocycles. The van der Waals surface area contributed by atoms with Gasteiger partial charge < -0.3 is 14.8 Å². The van der Waals surface area contributed by atoms with Crippen LogP contribution in [-0.2, 0) is 4.79 Å². The number of H-pyrrole nitrogens is 1. The van der Waals surface area contributed by atoms with E-state index >= 15 is 0 Å². The Morgan fingerprint density at radius 3 is 2.85 bits per heavy atom. The Bertz CT molecular complexity index is 670. The van der Waals surface area contributed by atoms with E-state index in [4.69, 9.17) is 9.84 Å². The van der Waals surface area contributed by atoms with Crippen LogP contribution >= 0.6 is 0 Å². The van der Waals surface area contributed by atoms with Gasteiger partial charge in [0.2, 0.25) is 0 Å². The van der Waals surface area contributed by atoms with Gasteiger partial charge in [0.05, 0.1) is 6.61 Å². The molecule has 0 aliphatic heterocycles. The molecule has 0 fully saturated rings. The third-order valence-electron chi connectivity index (χ3n) is 2.77. The summed E-state index contributed by atoms with van der Waals surface area (Å²) in [5, 5.41) is 9.27. The maximum Gasteiger partial charge on any atom is 0.328 e. The topological polar surface area (TPSA) is 79.4 Å². The van der Waals surface area contributed by atoms with Crippen LogP contribution in [0.4, 0.5) is 0 Å². The van der Waals surface area contributed by atoms with Crippen LogP contribution in [0.1, 0.15) is 23.7 Å². The van der Waals surface area contributed by atoms with E-state index in [1.165, 1.54) is 0 Å². The number of rotatable bonds is 6. The molecule has 0 aliphatic rings. The molecule has 2 rings (SSSR count). The molecule has 0 amide bonds. The number of carbonyl (C=O) groups excluding carboxylic acids is 1. The van der Waals surface area contributed by atoms with Crippen molar-refractivity contribution in [3.05, 3.63) is 42.1 Å². The summed E-state index contributed by atoms with van der Waals surface area (Å²) in [6.45, 7) is 2.62. The second kappa shape index (κ2) is 6.06. The molecular weight excluding hydrogens is 258 g/mol. The highest BCUT2D eigenvalue weighted by molar-refractivity contribution is 6.14. The van der Waals surface area contributed by atoms with Crippen LogP contribution in [0, 0.1) is 0 Å². The average molecular weight is 273 g/mol. The number of aromatic nitrogens is 1. The fraction of sp³-hybridized carbons (Fsp3) is 0.200. The Morgan fingerprint density at radius 2 is 2.15 bits per heavy atom. The summed E-state index contributed by atoms with van der Waals surface area (Å²) in [6, 6.07) is 5.44. The van der Waals surface area contributed by atoms with E-state index in [-0.39, 0.29) is 5.78 Å². The number of hydrogen-bond donors (Lipinski definition) is 2. The largest absolute Gasteiger partial charge is 0.494 e. The molecule has 104 valence electrons. The fourth-order valence-electron chi connectivity index (χ4n) is 1.85. The third-order valence-corrected chi connectivity index (χ3v) is 2.77. The van der Waals surface area contributed by atoms with E-state index in [2.05, 4.69) is 4.98 Å². The second-order valence-electron chi connectivity index (χ2n) is 4.29. The number of fused-ring (bicyclic) bond motifs is 1. The SMILES string of the molecule is CCCOc1ccc2[nH]cc(C(=O)/C=C/C(=O)O)c2c1. The number of nitrogens with one attached hydrogen (secondary N) is 1. The zero-order valence-electron chi connectivity index (χ0n) is 11.1. The van der Waals surface area contributed by atoms with Crippen molar-refractivity contribution in [2.24, 2.45) is 0 Å². The van der Waals surface area contributed by atoms with Crippen molar-refractivity contribution in [2.45, 2.75) is 13.3 Å². The van der Waals surface area contributed by atoms with Crippen LogP contribution in [0.25, 0.3) is 10.9 Å². The van der Waals surface area contributed by atoms with Gasteiger partial charge in [0, 0.05) is 28.7 Å². The minimum atomic E-state index is -1.15. The summed E-state index contributed by atoms with van der Waals surface area (Å²) >= 11 is 0. The minimum Gasteiger partial charge on any atom is -0.494 e. The highest BCUT2D eigenvalue weighted by Gasteiger charge is 2.10. The molecule has 0 spiro atoms. The number of aromatic amines is 1. The summed E-state index contributed by atoms with van der Waals surface area (Å²) in [7, 11) is 0. The number of carbonyl (C=O) groups is 2. The van der Waals surface area contributed by atoms with Crippen LogP contribution < -0.4 is 4.74 Å². The van der Waals surface area contributed by atoms with E-state index in [0.29, 0.717) is 17.9 Å². The van der Waals surface area contributed by atoms with Gasteiger partial charge >= 0.3 is 5.97 Å². The van der Waals surface area contributed by atoms with Gasteiger partial charge in [-0.05, 0) is 30.7 Å². The highest BCUT2D eigenvalue weighted by Crippen LogP contribution is 2.24. The van der Waals surface area contributed by atoms with Gasteiger partial charge in [-0.15, -0.1) is 0 Å². The van der Waals surface area contributed by atoms with Crippen molar-refractivity contribution in [2.75, 3.05) is 6.61 Å². The van der Waals surface area contributed by atoms with Crippen LogP contribution in [0.2, 0.25) is 0 Å². The first kappa shape index (κ1) is 13.9. The Hall–Kier alpha value is -2.56. The number of hydrogen-bond acceptors (Lipinski definition) is 3. The lowest BCUT2D eigenvalue weighted by Gasteiger charge is -2.04. The minimum absolute atomic E-state index is 0.355. The Balaban J connectivity index is 2.33. The lowest BCUT2D eigenvalue weighted by molar-refractivity contribution is -0.131. The van der Waals surface area contributed by atoms with Gasteiger partial charge in [0.1, 0.15) is 5.75 Å². The average Bonchev–Trinajstić information content (AvgIpc) is 2.85. The van der Waals surface area contributed by atoms with E-state index in [0.717, 1.165) is 29.5 Å². The van der Waals surface area contributed by atoms with Crippen LogP contribution in [0.5, 0.6) is 5.75 Å². The maximum absolute atomic E-state index is 11.9. The molecule has 0 atom stereocenters. The number of aliphatic carboxylic acids is 1. The van der Waals surface area contributed by atoms with Crippen LogP contribution in [0.3, 0.4) is 0 Å². The monoisotopic (exact) mass is 273 g/mol. The molecule has 0 aliphatic carbocycles. The van der Waals surface area contributed by atoms with Crippen LogP contribution in [0.15, 0.2) is 36.5 Å². The van der Waals surface area contributed by atoms with Gasteiger partial charge in [-0.3, -0.25) is 4.79 Å². The smallest absolute Gasteiger partial charge is 0.328 e. The Labute approximate surface area is 115 Å². The summed E-state index contributed by atoms with van der Waals surface area (Å²) in [5.74, 6) is -0.813. The molecule has 2 N–H and O–H groups in total. The molecule has 0 bridgehead atoms. The lowest BCUT2D eigenvalue weighted by atomic mass is 10.1. The standard InChI is InChI=1S/C15H15NO4/c1-2-7-20-10-3-4-13-11(8-10)12(9-16-13)14(17)5-6-15(18)19/h3-6,8-9,16H,2,7H2,1H3,(H,18,19)/b6-5+. The second-order valence-corrected chi connectivity index (χ2v) is 4.29. The van der Waals surface area contributed by atoms with E-state index in [1.54, 1.807) is 12.3 Å². The quantitative estimate of drug-likeness (QED) is 0.626. The predicted molar refractivity (Wildman–Crippen MR) is 75.2 cm³/mol. The molecule has 2 aromatic rings. The third kappa shape index (κ3) is 3.06. The summed E-state index contributed by atoms with van der Waals surface area (Å²) in [4.78, 5) is 25.4. The van der Waals surface area contributed by atoms with Crippen molar-refractivity contribution in [1.82, 2.24) is 4.98 Å². The van der Waals surface area contributed by atoms with Crippen molar-refractivity contribution in [3.63, 3.8) is 0 Å². The van der Waals surface area contributed by atoms with Crippen molar-refractivity contribution >= 4 is 22.7 Å². The lowest BCUT2D eigenvalue weighted by Crippen LogP contribution is -1.97. The van der Waals surface area contributed by atoms with E-state index < -0.39 is 5.97 Å². The first-order chi connectivity index (χ1) is 9.61. The molecule has 20 heavy (non-hydrogen) atoms. The fourth-order valence-corrected chi connectivity index (χ4v) is 1.85. The molecule has 5 heteroatoms. The van der Waals surface area contributed by atoms with Crippen molar-refractivity contribution in [1.29, 1.82) is 0 Å². The maximum atomic E-state index is 11.9. The normalized spacial score (nSPS) is 11.1. The number of ketones is 1. The first-order valence-electron chi connectivity index (χ1n) is 6.31. The molecule has 0 radical (unpaired) electrons. The van der Waals surface area contributed by atoms with Gasteiger partial charge in [-0.1, -0.05) is 6.92 Å². The zero-order valence-corrected chi connectivity index (χ0v) is 11.1. The van der Waals surface area contributed by atoms with Gasteiger partial charge in [0.25, 0.3) is 0 Å². The van der Waals surface area contributed by atoms with Gasteiger partial charge in [0.15, 0.2) is 5.78 Å². The van der Waals surface area contributed by atoms with E-state index in [1.807, 2.05) is 19.1 Å². The summed E-state index contributed by atoms with van der Waals surface area (Å²) in [5.41, 5.74) is 1.24. The highest BCUT2D eigenvalue weighted by atomic mass is 16.5. The molecule has 1 aromatic carbocycles. The van der Waals surface area contributed by atoms with Crippen molar-refractivity contribution in [3.8, 4) is 5.75 Å². The summed E-state index contributed by atoms with van der Waals surface area (Å²) < 4.78 is 5.53. The predicted octanol–water partition coefficient (Wildman–Crippen LogP) is 2.78. The number of carboxylic acids is 1. The van der Waals surface area contributed by atoms with E-state index in [9.17, 15) is 9.59 Å². The molecule has 1 heterocycles. The molecular formula is C15H15NO4. The molecule has 0 unspecified atom stereocenters. The Kier molecular flexibility index (Phi) is 4.20. The zero-order chi connectivity index (χ0) is 14.5.